The van der Waals surface area contributed by atoms with Crippen LogP contribution in [0, 0.1) is 5.92 Å². The van der Waals surface area contributed by atoms with E-state index in [1.807, 2.05) is 30.3 Å². The second-order valence-corrected chi connectivity index (χ2v) is 10.9. The van der Waals surface area contributed by atoms with Crippen LogP contribution in [0.5, 0.6) is 0 Å². The number of hydrogen-bond donors (Lipinski definition) is 6. The summed E-state index contributed by atoms with van der Waals surface area (Å²) >= 11 is 0. The van der Waals surface area contributed by atoms with Gasteiger partial charge in [-0.25, -0.2) is 5.01 Å². The van der Waals surface area contributed by atoms with Crippen molar-refractivity contribution < 1.29 is 43.7 Å². The van der Waals surface area contributed by atoms with Gasteiger partial charge < -0.3 is 30.9 Å². The predicted molar refractivity (Wildman–Crippen MR) is 160 cm³/mol. The van der Waals surface area contributed by atoms with Gasteiger partial charge in [0.15, 0.2) is 12.2 Å². The van der Waals surface area contributed by atoms with Crippen molar-refractivity contribution in [1.29, 1.82) is 0 Å². The number of amides is 5. The molecule has 5 atom stereocenters. The monoisotopic (exact) mass is 625 g/mol. The number of hydrazine groups is 1. The number of carboxylic acids is 1. The zero-order chi connectivity index (χ0) is 33.1. The number of benzene rings is 2. The molecule has 1 heterocycles. The average molecular weight is 626 g/mol. The van der Waals surface area contributed by atoms with Gasteiger partial charge in [0.2, 0.25) is 11.8 Å². The van der Waals surface area contributed by atoms with Gasteiger partial charge in [0.25, 0.3) is 17.7 Å². The summed E-state index contributed by atoms with van der Waals surface area (Å²) in [5.41, 5.74) is 3.70. The van der Waals surface area contributed by atoms with Crippen LogP contribution in [0.15, 0.2) is 60.7 Å². The van der Waals surface area contributed by atoms with Crippen molar-refractivity contribution in [2.75, 3.05) is 13.1 Å². The van der Waals surface area contributed by atoms with E-state index in [-0.39, 0.29) is 24.8 Å². The average Bonchev–Trinajstić information content (AvgIpc) is 3.82. The fourth-order valence-electron chi connectivity index (χ4n) is 4.33. The van der Waals surface area contributed by atoms with E-state index in [9.17, 15) is 39.0 Å². The van der Waals surface area contributed by atoms with Crippen molar-refractivity contribution in [1.82, 2.24) is 26.4 Å². The lowest BCUT2D eigenvalue weighted by atomic mass is 10.0. The minimum absolute atomic E-state index is 0.151. The number of nitrogens with zero attached hydrogens (tertiary/aromatic N) is 1. The molecule has 14 heteroatoms. The zero-order valence-electron chi connectivity index (χ0n) is 25.3. The van der Waals surface area contributed by atoms with Crippen LogP contribution < -0.4 is 21.4 Å². The molecule has 1 aliphatic rings. The van der Waals surface area contributed by atoms with Gasteiger partial charge in [-0.1, -0.05) is 74.5 Å². The number of aliphatic hydroxyl groups is 1. The molecule has 5 amide bonds. The molecule has 2 aromatic rings. The van der Waals surface area contributed by atoms with E-state index in [1.54, 1.807) is 44.2 Å². The molecule has 6 N–H and O–H groups in total. The van der Waals surface area contributed by atoms with Gasteiger partial charge in [-0.15, -0.1) is 0 Å². The van der Waals surface area contributed by atoms with Crippen LogP contribution in [0.25, 0.3) is 0 Å². The van der Waals surface area contributed by atoms with Crippen LogP contribution in [0.4, 0.5) is 0 Å². The molecule has 1 aliphatic heterocycles. The number of carbonyl (C=O) groups is 6. The Balaban J connectivity index is 1.51. The third-order valence-electron chi connectivity index (χ3n) is 6.95. The van der Waals surface area contributed by atoms with Crippen LogP contribution in [0.3, 0.4) is 0 Å². The van der Waals surface area contributed by atoms with Crippen molar-refractivity contribution in [3.05, 3.63) is 71.8 Å². The Labute approximate surface area is 260 Å². The standard InChI is InChI=1S/C31H39N5O9/c1-18(2)25(34-23(38)15-14-20-10-6-4-7-11-20)29(42)33-19(3)28(41)35-36(17-24(39)40)31(44)27-26(45-27)30(43)32-16-22(37)21-12-8-5-9-13-21/h4-13,18-19,22,25-27,37H,14-17H2,1-3H3,(H,32,43)(H,33,42)(H,34,38)(H,35,41)(H,39,40)/t19-,22?,25-,26-,27-/m0/s1. The number of epoxide rings is 1. The van der Waals surface area contributed by atoms with E-state index in [0.717, 1.165) is 5.56 Å². The van der Waals surface area contributed by atoms with Gasteiger partial charge in [0.1, 0.15) is 18.6 Å². The van der Waals surface area contributed by atoms with Crippen LogP contribution in [-0.2, 0) is 39.9 Å². The molecule has 0 saturated carbocycles. The highest BCUT2D eigenvalue weighted by molar-refractivity contribution is 5.97. The Morgan fingerprint density at radius 2 is 1.49 bits per heavy atom. The number of carbonyl (C=O) groups excluding carboxylic acids is 5. The maximum absolute atomic E-state index is 13.0. The van der Waals surface area contributed by atoms with Gasteiger partial charge in [0, 0.05) is 13.0 Å². The van der Waals surface area contributed by atoms with Crippen molar-refractivity contribution in [2.45, 2.75) is 64.0 Å². The van der Waals surface area contributed by atoms with Crippen LogP contribution >= 0.6 is 0 Å². The Hall–Kier alpha value is -4.82. The van der Waals surface area contributed by atoms with Gasteiger partial charge in [-0.3, -0.25) is 34.2 Å². The molecule has 1 unspecified atom stereocenters. The van der Waals surface area contributed by atoms with E-state index in [4.69, 9.17) is 4.74 Å². The lowest BCUT2D eigenvalue weighted by molar-refractivity contribution is -0.151. The minimum atomic E-state index is -1.45. The summed E-state index contributed by atoms with van der Waals surface area (Å²) in [5, 5.41) is 27.7. The molecule has 0 aliphatic carbocycles. The second kappa shape index (κ2) is 16.3. The fourth-order valence-corrected chi connectivity index (χ4v) is 4.33. The smallest absolute Gasteiger partial charge is 0.325 e. The van der Waals surface area contributed by atoms with Crippen LogP contribution in [-0.4, -0.2) is 88.1 Å². The number of aliphatic carboxylic acids is 1. The molecule has 2 aromatic carbocycles. The molecule has 0 aromatic heterocycles. The van der Waals surface area contributed by atoms with Crippen LogP contribution in [0.1, 0.15) is 44.4 Å². The Morgan fingerprint density at radius 3 is 2.09 bits per heavy atom. The Bertz CT molecular complexity index is 1360. The van der Waals surface area contributed by atoms with Gasteiger partial charge in [-0.05, 0) is 30.4 Å². The third kappa shape index (κ3) is 10.7. The molecule has 1 fully saturated rings. The lowest BCUT2D eigenvalue weighted by Crippen LogP contribution is -2.58. The van der Waals surface area contributed by atoms with Crippen molar-refractivity contribution in [2.24, 2.45) is 5.92 Å². The summed E-state index contributed by atoms with van der Waals surface area (Å²) < 4.78 is 5.15. The summed E-state index contributed by atoms with van der Waals surface area (Å²) in [6, 6.07) is 15.8. The number of hydrogen-bond acceptors (Lipinski definition) is 8. The first-order chi connectivity index (χ1) is 21.4. The molecule has 3 rings (SSSR count). The summed E-state index contributed by atoms with van der Waals surface area (Å²) in [4.78, 5) is 75.2. The number of ether oxygens (including phenoxy) is 1. The first-order valence-electron chi connectivity index (χ1n) is 14.5. The highest BCUT2D eigenvalue weighted by atomic mass is 16.6. The summed E-state index contributed by atoms with van der Waals surface area (Å²) in [5.74, 6) is -5.36. The predicted octanol–water partition coefficient (Wildman–Crippen LogP) is -0.174. The second-order valence-electron chi connectivity index (χ2n) is 10.9. The fraction of sp³-hybridized carbons (Fsp3) is 0.419. The zero-order valence-corrected chi connectivity index (χ0v) is 25.3. The molecule has 45 heavy (non-hydrogen) atoms. The summed E-state index contributed by atoms with van der Waals surface area (Å²) in [7, 11) is 0. The van der Waals surface area contributed by atoms with Gasteiger partial charge >= 0.3 is 5.97 Å². The van der Waals surface area contributed by atoms with E-state index in [2.05, 4.69) is 21.4 Å². The molecule has 242 valence electrons. The van der Waals surface area contributed by atoms with E-state index in [1.165, 1.54) is 6.92 Å². The lowest BCUT2D eigenvalue weighted by Gasteiger charge is -2.26. The highest BCUT2D eigenvalue weighted by Crippen LogP contribution is 2.24. The highest BCUT2D eigenvalue weighted by Gasteiger charge is 2.52. The largest absolute Gasteiger partial charge is 0.480 e. The summed E-state index contributed by atoms with van der Waals surface area (Å²) in [6.07, 6.45) is -2.98. The molecule has 14 nitrogen and oxygen atoms in total. The topological polar surface area (TPSA) is 207 Å². The maximum atomic E-state index is 13.0. The number of aliphatic hydroxyl groups excluding tert-OH is 1. The number of rotatable bonds is 15. The van der Waals surface area contributed by atoms with E-state index < -0.39 is 66.5 Å². The third-order valence-corrected chi connectivity index (χ3v) is 6.95. The maximum Gasteiger partial charge on any atom is 0.325 e. The molecule has 1 saturated heterocycles. The van der Waals surface area contributed by atoms with E-state index >= 15 is 0 Å². The van der Waals surface area contributed by atoms with Gasteiger partial charge in [0.05, 0.1) is 6.10 Å². The first-order valence-corrected chi connectivity index (χ1v) is 14.5. The Morgan fingerprint density at radius 1 is 0.867 bits per heavy atom. The van der Waals surface area contributed by atoms with Gasteiger partial charge in [-0.2, -0.15) is 0 Å². The number of nitrogens with one attached hydrogen (secondary N) is 4. The summed E-state index contributed by atoms with van der Waals surface area (Å²) in [6.45, 7) is 3.68. The van der Waals surface area contributed by atoms with Crippen molar-refractivity contribution >= 4 is 35.5 Å². The molecule has 0 spiro atoms. The quantitative estimate of drug-likeness (QED) is 0.115. The molecular weight excluding hydrogens is 586 g/mol. The SMILES string of the molecule is CC(C)[C@H](NC(=O)CCc1ccccc1)C(=O)N[C@@H](C)C(=O)NN(CC(=O)O)C(=O)[C@H]1O[C@@H]1C(=O)NCC(O)c1ccccc1. The number of aryl methyl sites for hydroxylation is 1. The Kier molecular flexibility index (Phi) is 12.6. The van der Waals surface area contributed by atoms with Crippen molar-refractivity contribution in [3.8, 4) is 0 Å². The van der Waals surface area contributed by atoms with Crippen molar-refractivity contribution in [3.63, 3.8) is 0 Å². The van der Waals surface area contributed by atoms with Crippen LogP contribution in [0.2, 0.25) is 0 Å². The first kappa shape index (κ1) is 34.7. The normalized spacial score (nSPS) is 17.3. The molecule has 0 radical (unpaired) electrons. The molecule has 0 bridgehead atoms. The molecular formula is C31H39N5O9. The minimum Gasteiger partial charge on any atom is -0.480 e. The number of carboxylic acid groups (broad SMARTS) is 1. The van der Waals surface area contributed by atoms with E-state index in [0.29, 0.717) is 17.0 Å².